The molecule has 5 heteroatoms. The Labute approximate surface area is 117 Å². The van der Waals surface area contributed by atoms with Crippen LogP contribution < -0.4 is 15.8 Å². The second-order valence-electron chi connectivity index (χ2n) is 4.37. The predicted molar refractivity (Wildman–Crippen MR) is 77.5 cm³/mol. The smallest absolute Gasteiger partial charge is 0.241 e. The minimum Gasteiger partial charge on any atom is -0.481 e. The van der Waals surface area contributed by atoms with Crippen LogP contribution in [0.1, 0.15) is 5.56 Å². The van der Waals surface area contributed by atoms with E-state index < -0.39 is 6.04 Å². The summed E-state index contributed by atoms with van der Waals surface area (Å²) in [6.45, 7) is 0. The number of carbonyl (C=O) groups is 1. The maximum absolute atomic E-state index is 12.0. The molecule has 1 aromatic carbocycles. The first-order valence-corrected chi connectivity index (χ1v) is 6.29. The third kappa shape index (κ3) is 3.80. The van der Waals surface area contributed by atoms with Gasteiger partial charge in [-0.15, -0.1) is 0 Å². The molecule has 0 spiro atoms. The van der Waals surface area contributed by atoms with E-state index in [2.05, 4.69) is 10.3 Å². The minimum absolute atomic E-state index is 0.235. The van der Waals surface area contributed by atoms with E-state index in [0.717, 1.165) is 5.56 Å². The van der Waals surface area contributed by atoms with Gasteiger partial charge in [0.15, 0.2) is 0 Å². The molecule has 5 nitrogen and oxygen atoms in total. The van der Waals surface area contributed by atoms with Crippen LogP contribution in [0.15, 0.2) is 48.7 Å². The van der Waals surface area contributed by atoms with Gasteiger partial charge in [0.25, 0.3) is 0 Å². The fraction of sp³-hybridized carbons (Fsp3) is 0.200. The largest absolute Gasteiger partial charge is 0.481 e. The van der Waals surface area contributed by atoms with Crippen molar-refractivity contribution in [1.82, 2.24) is 4.98 Å². The zero-order valence-corrected chi connectivity index (χ0v) is 11.2. The molecule has 1 aromatic heterocycles. The van der Waals surface area contributed by atoms with Crippen molar-refractivity contribution >= 4 is 11.6 Å². The number of nitrogens with two attached hydrogens (primary N) is 1. The molecule has 0 aliphatic rings. The number of rotatable bonds is 5. The van der Waals surface area contributed by atoms with E-state index in [1.165, 1.54) is 13.3 Å². The Balaban J connectivity index is 1.93. The minimum atomic E-state index is -0.598. The van der Waals surface area contributed by atoms with E-state index in [0.29, 0.717) is 18.0 Å². The Kier molecular flexibility index (Phi) is 4.68. The van der Waals surface area contributed by atoms with Gasteiger partial charge < -0.3 is 15.8 Å². The molecular weight excluding hydrogens is 254 g/mol. The quantitative estimate of drug-likeness (QED) is 0.866. The number of benzene rings is 1. The van der Waals surface area contributed by atoms with Crippen molar-refractivity contribution in [3.8, 4) is 5.88 Å². The van der Waals surface area contributed by atoms with Gasteiger partial charge in [-0.1, -0.05) is 30.3 Å². The van der Waals surface area contributed by atoms with E-state index in [1.807, 2.05) is 30.3 Å². The molecule has 1 atom stereocenters. The molecule has 104 valence electrons. The van der Waals surface area contributed by atoms with Crippen molar-refractivity contribution in [1.29, 1.82) is 0 Å². The molecule has 0 radical (unpaired) electrons. The highest BCUT2D eigenvalue weighted by atomic mass is 16.5. The van der Waals surface area contributed by atoms with Gasteiger partial charge in [-0.3, -0.25) is 4.79 Å². The Bertz CT molecular complexity index is 555. The van der Waals surface area contributed by atoms with E-state index in [9.17, 15) is 4.79 Å². The standard InChI is InChI=1S/C15H17N3O2/c1-20-14-8-7-12(10-17-14)18-15(19)13(16)9-11-5-3-2-4-6-11/h2-8,10,13H,9,16H2,1H3,(H,18,19). The Morgan fingerprint density at radius 3 is 2.65 bits per heavy atom. The number of hydrogen-bond acceptors (Lipinski definition) is 4. The molecule has 3 N–H and O–H groups in total. The summed E-state index contributed by atoms with van der Waals surface area (Å²) in [5.74, 6) is 0.261. The number of hydrogen-bond donors (Lipinski definition) is 2. The lowest BCUT2D eigenvalue weighted by Gasteiger charge is -2.12. The monoisotopic (exact) mass is 271 g/mol. The summed E-state index contributed by atoms with van der Waals surface area (Å²) in [6, 6.07) is 12.5. The number of methoxy groups -OCH3 is 1. The van der Waals surface area contributed by atoms with Crippen LogP contribution in [0.5, 0.6) is 5.88 Å². The molecule has 0 saturated carbocycles. The maximum Gasteiger partial charge on any atom is 0.241 e. The maximum atomic E-state index is 12.0. The number of amides is 1. The fourth-order valence-electron chi connectivity index (χ4n) is 1.77. The number of nitrogens with zero attached hydrogens (tertiary/aromatic N) is 1. The lowest BCUT2D eigenvalue weighted by molar-refractivity contribution is -0.117. The first kappa shape index (κ1) is 14.0. The average molecular weight is 271 g/mol. The van der Waals surface area contributed by atoms with E-state index in [4.69, 9.17) is 10.5 Å². The van der Waals surface area contributed by atoms with Gasteiger partial charge in [-0.2, -0.15) is 0 Å². The van der Waals surface area contributed by atoms with E-state index >= 15 is 0 Å². The van der Waals surface area contributed by atoms with Crippen LogP contribution in [0, 0.1) is 0 Å². The molecule has 1 heterocycles. The second-order valence-corrected chi connectivity index (χ2v) is 4.37. The molecule has 20 heavy (non-hydrogen) atoms. The van der Waals surface area contributed by atoms with Gasteiger partial charge in [-0.05, 0) is 18.1 Å². The molecule has 2 rings (SSSR count). The number of anilines is 1. The summed E-state index contributed by atoms with van der Waals surface area (Å²) < 4.78 is 4.95. The van der Waals surface area contributed by atoms with Gasteiger partial charge in [-0.25, -0.2) is 4.98 Å². The van der Waals surface area contributed by atoms with Crippen LogP contribution >= 0.6 is 0 Å². The normalized spacial score (nSPS) is 11.7. The highest BCUT2D eigenvalue weighted by Crippen LogP contribution is 2.11. The molecule has 1 amide bonds. The van der Waals surface area contributed by atoms with Gasteiger partial charge in [0.2, 0.25) is 11.8 Å². The lowest BCUT2D eigenvalue weighted by Crippen LogP contribution is -2.37. The van der Waals surface area contributed by atoms with Gasteiger partial charge in [0.1, 0.15) is 0 Å². The molecule has 0 saturated heterocycles. The number of ether oxygens (including phenoxy) is 1. The average Bonchev–Trinajstić information content (AvgIpc) is 2.49. The first-order chi connectivity index (χ1) is 9.69. The Morgan fingerprint density at radius 1 is 1.30 bits per heavy atom. The molecule has 2 aromatic rings. The fourth-order valence-corrected chi connectivity index (χ4v) is 1.77. The van der Waals surface area contributed by atoms with Crippen LogP contribution in [0.25, 0.3) is 0 Å². The van der Waals surface area contributed by atoms with Crippen molar-refractivity contribution in [3.05, 3.63) is 54.2 Å². The second kappa shape index (κ2) is 6.68. The van der Waals surface area contributed by atoms with Crippen LogP contribution in [-0.4, -0.2) is 24.0 Å². The molecule has 0 bridgehead atoms. The van der Waals surface area contributed by atoms with E-state index in [1.54, 1.807) is 12.1 Å². The summed E-state index contributed by atoms with van der Waals surface area (Å²) in [7, 11) is 1.54. The highest BCUT2D eigenvalue weighted by Gasteiger charge is 2.14. The SMILES string of the molecule is COc1ccc(NC(=O)C(N)Cc2ccccc2)cn1. The third-order valence-corrected chi connectivity index (χ3v) is 2.85. The lowest BCUT2D eigenvalue weighted by atomic mass is 10.1. The van der Waals surface area contributed by atoms with Crippen LogP contribution in [0.3, 0.4) is 0 Å². The topological polar surface area (TPSA) is 77.2 Å². The molecule has 0 aliphatic heterocycles. The Hall–Kier alpha value is -2.40. The molecule has 0 aliphatic carbocycles. The zero-order valence-electron chi connectivity index (χ0n) is 11.2. The van der Waals surface area contributed by atoms with Crippen molar-refractivity contribution in [2.24, 2.45) is 5.73 Å². The van der Waals surface area contributed by atoms with Crippen LogP contribution in [0.2, 0.25) is 0 Å². The highest BCUT2D eigenvalue weighted by molar-refractivity contribution is 5.94. The van der Waals surface area contributed by atoms with Gasteiger partial charge in [0.05, 0.1) is 25.0 Å². The number of pyridine rings is 1. The summed E-state index contributed by atoms with van der Waals surface area (Å²) in [5, 5.41) is 2.73. The van der Waals surface area contributed by atoms with E-state index in [-0.39, 0.29) is 5.91 Å². The van der Waals surface area contributed by atoms with Crippen molar-refractivity contribution in [3.63, 3.8) is 0 Å². The summed E-state index contributed by atoms with van der Waals surface area (Å²) in [6.07, 6.45) is 2.03. The Morgan fingerprint density at radius 2 is 2.05 bits per heavy atom. The summed E-state index contributed by atoms with van der Waals surface area (Å²) >= 11 is 0. The van der Waals surface area contributed by atoms with Crippen molar-refractivity contribution < 1.29 is 9.53 Å². The van der Waals surface area contributed by atoms with Crippen LogP contribution in [-0.2, 0) is 11.2 Å². The summed E-state index contributed by atoms with van der Waals surface area (Å²) in [5.41, 5.74) is 7.52. The van der Waals surface area contributed by atoms with Crippen molar-refractivity contribution in [2.45, 2.75) is 12.5 Å². The van der Waals surface area contributed by atoms with Crippen LogP contribution in [0.4, 0.5) is 5.69 Å². The zero-order chi connectivity index (χ0) is 14.4. The molecule has 1 unspecified atom stereocenters. The molecular formula is C15H17N3O2. The molecule has 0 fully saturated rings. The first-order valence-electron chi connectivity index (χ1n) is 6.29. The third-order valence-electron chi connectivity index (χ3n) is 2.85. The van der Waals surface area contributed by atoms with Gasteiger partial charge >= 0.3 is 0 Å². The van der Waals surface area contributed by atoms with Gasteiger partial charge in [0, 0.05) is 6.07 Å². The number of carbonyl (C=O) groups excluding carboxylic acids is 1. The van der Waals surface area contributed by atoms with Crippen molar-refractivity contribution in [2.75, 3.05) is 12.4 Å². The predicted octanol–water partition coefficient (Wildman–Crippen LogP) is 1.60. The number of nitrogens with one attached hydrogen (secondary N) is 1. The number of aromatic nitrogens is 1. The summed E-state index contributed by atoms with van der Waals surface area (Å²) in [4.78, 5) is 16.0.